The minimum atomic E-state index is -0.429. The van der Waals surface area contributed by atoms with Gasteiger partial charge >= 0.3 is 0 Å². The maximum absolute atomic E-state index is 11.7. The lowest BCUT2D eigenvalue weighted by Crippen LogP contribution is -2.20. The average molecular weight is 400 g/mol. The van der Waals surface area contributed by atoms with Gasteiger partial charge in [0.1, 0.15) is 23.0 Å². The van der Waals surface area contributed by atoms with Gasteiger partial charge in [-0.3, -0.25) is 9.59 Å². The molecule has 0 aliphatic rings. The van der Waals surface area contributed by atoms with E-state index in [1.165, 1.54) is 48.8 Å². The minimum absolute atomic E-state index is 0.0356. The highest BCUT2D eigenvalue weighted by atomic mass is 16.3. The number of carbonyl (C=O) groups excluding carboxylic acids is 2. The Morgan fingerprint density at radius 3 is 1.59 bits per heavy atom. The summed E-state index contributed by atoms with van der Waals surface area (Å²) in [6, 6.07) is 7.78. The molecule has 0 bridgehead atoms. The molecule has 0 aliphatic heterocycles. The molecule has 0 fully saturated rings. The summed E-state index contributed by atoms with van der Waals surface area (Å²) in [6.45, 7) is 0. The minimum Gasteiger partial charge on any atom is -0.508 e. The lowest BCUT2D eigenvalue weighted by atomic mass is 10.2. The molecule has 2 aromatic carbocycles. The Labute approximate surface area is 165 Å². The highest BCUT2D eigenvalue weighted by molar-refractivity contribution is 5.86. The molecule has 0 radical (unpaired) electrons. The molecule has 0 heterocycles. The van der Waals surface area contributed by atoms with Crippen molar-refractivity contribution < 1.29 is 30.0 Å². The summed E-state index contributed by atoms with van der Waals surface area (Å²) in [4.78, 5) is 23.4. The molecule has 2 rings (SSSR count). The molecule has 0 spiro atoms. The standard InChI is InChI=1S/C19H20N4O6/c24-14-4-6-16(26)12(8-14)10-20-22-18(28)2-1-3-19(29)23-21-11-13-9-15(25)5-7-17(13)27/h4-11,24-27H,1-3H2,(H,22,28)(H,23,29)/b20-10-,21-11-. The van der Waals surface area contributed by atoms with E-state index in [-0.39, 0.29) is 53.4 Å². The Morgan fingerprint density at radius 2 is 1.17 bits per heavy atom. The van der Waals surface area contributed by atoms with Crippen LogP contribution in [0.15, 0.2) is 46.6 Å². The molecule has 10 heteroatoms. The van der Waals surface area contributed by atoms with Crippen molar-refractivity contribution in [3.63, 3.8) is 0 Å². The summed E-state index contributed by atoms with van der Waals surface area (Å²) in [5.74, 6) is -1.16. The number of aromatic hydroxyl groups is 4. The molecule has 6 N–H and O–H groups in total. The van der Waals surface area contributed by atoms with E-state index in [0.717, 1.165) is 0 Å². The maximum Gasteiger partial charge on any atom is 0.240 e. The zero-order valence-corrected chi connectivity index (χ0v) is 15.2. The third-order valence-electron chi connectivity index (χ3n) is 3.62. The summed E-state index contributed by atoms with van der Waals surface area (Å²) >= 11 is 0. The lowest BCUT2D eigenvalue weighted by molar-refractivity contribution is -0.122. The highest BCUT2D eigenvalue weighted by Crippen LogP contribution is 2.20. The van der Waals surface area contributed by atoms with Crippen LogP contribution in [-0.4, -0.2) is 44.7 Å². The van der Waals surface area contributed by atoms with Crippen LogP contribution < -0.4 is 10.9 Å². The van der Waals surface area contributed by atoms with Crippen LogP contribution >= 0.6 is 0 Å². The van der Waals surface area contributed by atoms with Crippen LogP contribution in [0.5, 0.6) is 23.0 Å². The van der Waals surface area contributed by atoms with Gasteiger partial charge in [0.05, 0.1) is 12.4 Å². The molecule has 2 aromatic rings. The molecule has 152 valence electrons. The van der Waals surface area contributed by atoms with Crippen molar-refractivity contribution in [2.45, 2.75) is 19.3 Å². The molecule has 0 unspecified atom stereocenters. The first-order valence-corrected chi connectivity index (χ1v) is 8.53. The number of hydrogen-bond donors (Lipinski definition) is 6. The maximum atomic E-state index is 11.7. The van der Waals surface area contributed by atoms with Gasteiger partial charge in [0.15, 0.2) is 0 Å². The average Bonchev–Trinajstić information content (AvgIpc) is 2.67. The van der Waals surface area contributed by atoms with Crippen LogP contribution in [0.25, 0.3) is 0 Å². The van der Waals surface area contributed by atoms with Crippen molar-refractivity contribution in [1.82, 2.24) is 10.9 Å². The van der Waals surface area contributed by atoms with Crippen LogP contribution in [0.2, 0.25) is 0 Å². The van der Waals surface area contributed by atoms with Gasteiger partial charge in [-0.1, -0.05) is 0 Å². The van der Waals surface area contributed by atoms with Crippen molar-refractivity contribution in [2.75, 3.05) is 0 Å². The van der Waals surface area contributed by atoms with Crippen molar-refractivity contribution in [1.29, 1.82) is 0 Å². The molecule has 0 atom stereocenters. The first-order valence-electron chi connectivity index (χ1n) is 8.53. The fraction of sp³-hybridized carbons (Fsp3) is 0.158. The third-order valence-corrected chi connectivity index (χ3v) is 3.62. The van der Waals surface area contributed by atoms with Crippen molar-refractivity contribution >= 4 is 24.2 Å². The fourth-order valence-electron chi connectivity index (χ4n) is 2.16. The van der Waals surface area contributed by atoms with E-state index >= 15 is 0 Å². The van der Waals surface area contributed by atoms with Gasteiger partial charge < -0.3 is 20.4 Å². The van der Waals surface area contributed by atoms with Gasteiger partial charge in [-0.15, -0.1) is 0 Å². The number of phenolic OH excluding ortho intramolecular Hbond substituents is 4. The van der Waals surface area contributed by atoms with E-state index in [0.29, 0.717) is 0 Å². The van der Waals surface area contributed by atoms with E-state index in [9.17, 15) is 30.0 Å². The Kier molecular flexibility index (Phi) is 7.54. The third kappa shape index (κ3) is 7.21. The number of hydrazone groups is 2. The second kappa shape index (κ2) is 10.3. The van der Waals surface area contributed by atoms with Gasteiger partial charge in [-0.25, -0.2) is 10.9 Å². The fourth-order valence-corrected chi connectivity index (χ4v) is 2.16. The number of carbonyl (C=O) groups is 2. The van der Waals surface area contributed by atoms with Crippen molar-refractivity contribution in [2.24, 2.45) is 10.2 Å². The van der Waals surface area contributed by atoms with E-state index < -0.39 is 11.8 Å². The molecule has 0 aliphatic carbocycles. The van der Waals surface area contributed by atoms with Gasteiger partial charge in [0, 0.05) is 24.0 Å². The van der Waals surface area contributed by atoms with Crippen molar-refractivity contribution in [3.05, 3.63) is 47.5 Å². The lowest BCUT2D eigenvalue weighted by Gasteiger charge is -2.02. The summed E-state index contributed by atoms with van der Waals surface area (Å²) in [5, 5.41) is 45.2. The number of rotatable bonds is 8. The van der Waals surface area contributed by atoms with Crippen LogP contribution in [0.3, 0.4) is 0 Å². The van der Waals surface area contributed by atoms with E-state index in [1.54, 1.807) is 0 Å². The number of benzene rings is 2. The molecule has 0 saturated carbocycles. The molecular formula is C19H20N4O6. The second-order valence-electron chi connectivity index (χ2n) is 5.93. The summed E-state index contributed by atoms with van der Waals surface area (Å²) in [6.07, 6.45) is 2.69. The van der Waals surface area contributed by atoms with Crippen molar-refractivity contribution in [3.8, 4) is 23.0 Å². The van der Waals surface area contributed by atoms with Crippen LogP contribution in [0, 0.1) is 0 Å². The molecule has 29 heavy (non-hydrogen) atoms. The Balaban J connectivity index is 1.69. The van der Waals surface area contributed by atoms with Gasteiger partial charge in [0.2, 0.25) is 11.8 Å². The zero-order chi connectivity index (χ0) is 21.2. The highest BCUT2D eigenvalue weighted by Gasteiger charge is 2.05. The van der Waals surface area contributed by atoms with Crippen LogP contribution in [0.4, 0.5) is 0 Å². The SMILES string of the molecule is O=C(CCCC(=O)N/N=C\c1cc(O)ccc1O)N/N=C\c1cc(O)ccc1O. The number of nitrogens with zero attached hydrogens (tertiary/aromatic N) is 2. The van der Waals surface area contributed by atoms with Gasteiger partial charge in [-0.2, -0.15) is 10.2 Å². The van der Waals surface area contributed by atoms with E-state index in [4.69, 9.17) is 0 Å². The molecule has 0 saturated heterocycles. The summed E-state index contributed by atoms with van der Waals surface area (Å²) in [7, 11) is 0. The predicted molar refractivity (Wildman–Crippen MR) is 105 cm³/mol. The number of hydrogen-bond acceptors (Lipinski definition) is 8. The second-order valence-corrected chi connectivity index (χ2v) is 5.93. The van der Waals surface area contributed by atoms with E-state index in [1.807, 2.05) is 0 Å². The van der Waals surface area contributed by atoms with Gasteiger partial charge in [0.25, 0.3) is 0 Å². The Morgan fingerprint density at radius 1 is 0.759 bits per heavy atom. The normalized spacial score (nSPS) is 11.0. The van der Waals surface area contributed by atoms with Crippen LogP contribution in [-0.2, 0) is 9.59 Å². The Bertz CT molecular complexity index is 867. The molecule has 0 aromatic heterocycles. The topological polar surface area (TPSA) is 164 Å². The predicted octanol–water partition coefficient (Wildman–Crippen LogP) is 1.28. The first kappa shape index (κ1) is 21.2. The molecule has 2 amide bonds. The van der Waals surface area contributed by atoms with Gasteiger partial charge in [-0.05, 0) is 42.8 Å². The Hall–Kier alpha value is -4.08. The number of phenols is 4. The number of nitrogens with one attached hydrogen (secondary N) is 2. The summed E-state index contributed by atoms with van der Waals surface area (Å²) in [5.41, 5.74) is 4.98. The van der Waals surface area contributed by atoms with E-state index in [2.05, 4.69) is 21.1 Å². The first-order chi connectivity index (χ1) is 13.8. The molecular weight excluding hydrogens is 380 g/mol. The van der Waals surface area contributed by atoms with Crippen LogP contribution in [0.1, 0.15) is 30.4 Å². The zero-order valence-electron chi connectivity index (χ0n) is 15.2. The summed E-state index contributed by atoms with van der Waals surface area (Å²) < 4.78 is 0. The number of amides is 2. The largest absolute Gasteiger partial charge is 0.508 e. The smallest absolute Gasteiger partial charge is 0.240 e. The monoisotopic (exact) mass is 400 g/mol. The molecule has 10 nitrogen and oxygen atoms in total. The quantitative estimate of drug-likeness (QED) is 0.222.